The summed E-state index contributed by atoms with van der Waals surface area (Å²) in [5.74, 6) is -1.98. The molecule has 1 saturated heterocycles. The number of imide groups is 1. The number of ketones is 2. The van der Waals surface area contributed by atoms with E-state index in [9.17, 15) is 24.0 Å². The summed E-state index contributed by atoms with van der Waals surface area (Å²) >= 11 is 1.29. The number of piperidine rings is 1. The van der Waals surface area contributed by atoms with Crippen LogP contribution >= 0.6 is 11.3 Å². The van der Waals surface area contributed by atoms with Crippen molar-refractivity contribution in [3.05, 3.63) is 56.8 Å². The second kappa shape index (κ2) is 8.67. The lowest BCUT2D eigenvalue weighted by Gasteiger charge is -2.29. The highest BCUT2D eigenvalue weighted by atomic mass is 32.1. The van der Waals surface area contributed by atoms with E-state index in [2.05, 4.69) is 26.1 Å². The molecule has 1 atom stereocenters. The molecular formula is C25H26N2O5S. The van der Waals surface area contributed by atoms with Crippen LogP contribution in [0.4, 0.5) is 0 Å². The van der Waals surface area contributed by atoms with Crippen LogP contribution in [0.25, 0.3) is 0 Å². The molecule has 3 heterocycles. The van der Waals surface area contributed by atoms with Gasteiger partial charge in [0.2, 0.25) is 23.4 Å². The second-order valence-electron chi connectivity index (χ2n) is 9.55. The van der Waals surface area contributed by atoms with Gasteiger partial charge in [0.25, 0.3) is 5.91 Å². The van der Waals surface area contributed by atoms with Gasteiger partial charge in [-0.25, -0.2) is 0 Å². The van der Waals surface area contributed by atoms with Gasteiger partial charge in [-0.05, 0) is 40.3 Å². The minimum Gasteiger partial charge on any atom is -0.321 e. The molecule has 2 aliphatic heterocycles. The Bertz CT molecular complexity index is 1160. The van der Waals surface area contributed by atoms with Gasteiger partial charge in [-0.1, -0.05) is 45.0 Å². The highest BCUT2D eigenvalue weighted by molar-refractivity contribution is 7.12. The summed E-state index contributed by atoms with van der Waals surface area (Å²) in [6.45, 7) is 6.52. The molecule has 172 valence electrons. The summed E-state index contributed by atoms with van der Waals surface area (Å²) in [5, 5.41) is 4.14. The zero-order chi connectivity index (χ0) is 23.9. The van der Waals surface area contributed by atoms with E-state index in [-0.39, 0.29) is 36.6 Å². The zero-order valence-corrected chi connectivity index (χ0v) is 19.7. The van der Waals surface area contributed by atoms with E-state index >= 15 is 0 Å². The van der Waals surface area contributed by atoms with E-state index in [1.165, 1.54) is 16.2 Å². The number of carbonyl (C=O) groups excluding carboxylic acids is 5. The standard InChI is InChI=1S/C25H26N2O5S/c1-25(2,3)16-7-4-14(5-8-16)21(30)19(28)10-6-15-13-33-22-17(15)12-27(24(22)32)18-9-11-20(29)26-23(18)31/h4-5,7-8,13,18H,6,9-12H2,1-3H3,(H,26,29,31). The van der Waals surface area contributed by atoms with Crippen molar-refractivity contribution in [3.63, 3.8) is 0 Å². The van der Waals surface area contributed by atoms with E-state index in [0.29, 0.717) is 23.3 Å². The summed E-state index contributed by atoms with van der Waals surface area (Å²) in [4.78, 5) is 63.6. The quantitative estimate of drug-likeness (QED) is 0.400. The summed E-state index contributed by atoms with van der Waals surface area (Å²) < 4.78 is 0. The Kier molecular flexibility index (Phi) is 6.05. The largest absolute Gasteiger partial charge is 0.321 e. The molecular weight excluding hydrogens is 440 g/mol. The molecule has 1 unspecified atom stereocenters. The molecule has 1 N–H and O–H groups in total. The highest BCUT2D eigenvalue weighted by Gasteiger charge is 2.40. The first-order valence-corrected chi connectivity index (χ1v) is 11.9. The maximum atomic E-state index is 12.8. The maximum absolute atomic E-state index is 12.8. The molecule has 2 aromatic rings. The fourth-order valence-electron chi connectivity index (χ4n) is 4.23. The van der Waals surface area contributed by atoms with Gasteiger partial charge >= 0.3 is 0 Å². The summed E-state index contributed by atoms with van der Waals surface area (Å²) in [6, 6.07) is 6.48. The number of thiophene rings is 1. The molecule has 8 heteroatoms. The predicted octanol–water partition coefficient (Wildman–Crippen LogP) is 3.19. The fourth-order valence-corrected chi connectivity index (χ4v) is 5.31. The van der Waals surface area contributed by atoms with E-state index in [1.807, 2.05) is 17.5 Å². The average Bonchev–Trinajstić information content (AvgIpc) is 3.31. The Morgan fingerprint density at radius 1 is 1.12 bits per heavy atom. The molecule has 33 heavy (non-hydrogen) atoms. The first-order chi connectivity index (χ1) is 15.6. The number of benzene rings is 1. The lowest BCUT2D eigenvalue weighted by molar-refractivity contribution is -0.136. The van der Waals surface area contributed by atoms with Crippen LogP contribution in [0.2, 0.25) is 0 Å². The van der Waals surface area contributed by atoms with Crippen molar-refractivity contribution in [2.75, 3.05) is 0 Å². The van der Waals surface area contributed by atoms with Crippen molar-refractivity contribution in [2.45, 2.75) is 64.5 Å². The third-order valence-electron chi connectivity index (χ3n) is 6.24. The van der Waals surface area contributed by atoms with Gasteiger partial charge < -0.3 is 4.90 Å². The van der Waals surface area contributed by atoms with Crippen molar-refractivity contribution in [1.82, 2.24) is 10.2 Å². The third kappa shape index (κ3) is 4.53. The Hall–Kier alpha value is -3.13. The van der Waals surface area contributed by atoms with E-state index in [4.69, 9.17) is 0 Å². The molecule has 0 spiro atoms. The highest BCUT2D eigenvalue weighted by Crippen LogP contribution is 2.35. The first kappa shape index (κ1) is 23.0. The van der Waals surface area contributed by atoms with Gasteiger partial charge in [0, 0.05) is 24.9 Å². The van der Waals surface area contributed by atoms with Gasteiger partial charge in [-0.15, -0.1) is 11.3 Å². The lowest BCUT2D eigenvalue weighted by atomic mass is 9.86. The average molecular weight is 467 g/mol. The smallest absolute Gasteiger partial charge is 0.265 e. The van der Waals surface area contributed by atoms with Gasteiger partial charge in [0.05, 0.1) is 4.88 Å². The van der Waals surface area contributed by atoms with Gasteiger partial charge in [0.15, 0.2) is 0 Å². The van der Waals surface area contributed by atoms with Crippen LogP contribution in [0.3, 0.4) is 0 Å². The van der Waals surface area contributed by atoms with Gasteiger partial charge in [0.1, 0.15) is 6.04 Å². The number of aryl methyl sites for hydroxylation is 1. The molecule has 7 nitrogen and oxygen atoms in total. The molecule has 1 fully saturated rings. The minimum absolute atomic E-state index is 0.0376. The van der Waals surface area contributed by atoms with Crippen LogP contribution in [0.1, 0.15) is 76.8 Å². The second-order valence-corrected chi connectivity index (χ2v) is 10.4. The van der Waals surface area contributed by atoms with Crippen LogP contribution in [-0.2, 0) is 32.8 Å². The molecule has 0 radical (unpaired) electrons. The van der Waals surface area contributed by atoms with Gasteiger partial charge in [-0.3, -0.25) is 29.3 Å². The number of hydrogen-bond donors (Lipinski definition) is 1. The molecule has 3 amide bonds. The van der Waals surface area contributed by atoms with Crippen molar-refractivity contribution in [3.8, 4) is 0 Å². The first-order valence-electron chi connectivity index (χ1n) is 11.0. The molecule has 0 aliphatic carbocycles. The van der Waals surface area contributed by atoms with Gasteiger partial charge in [-0.2, -0.15) is 0 Å². The maximum Gasteiger partial charge on any atom is 0.265 e. The molecule has 1 aromatic carbocycles. The summed E-state index contributed by atoms with van der Waals surface area (Å²) in [6.07, 6.45) is 0.915. The minimum atomic E-state index is -0.665. The molecule has 0 bridgehead atoms. The lowest BCUT2D eigenvalue weighted by Crippen LogP contribution is -2.52. The zero-order valence-electron chi connectivity index (χ0n) is 18.9. The number of amides is 3. The van der Waals surface area contributed by atoms with Crippen molar-refractivity contribution in [1.29, 1.82) is 0 Å². The predicted molar refractivity (Wildman–Crippen MR) is 123 cm³/mol. The molecule has 1 aromatic heterocycles. The van der Waals surface area contributed by atoms with E-state index in [1.54, 1.807) is 12.1 Å². The monoisotopic (exact) mass is 466 g/mol. The fraction of sp³-hybridized carbons (Fsp3) is 0.400. The summed E-state index contributed by atoms with van der Waals surface area (Å²) in [7, 11) is 0. The number of rotatable bonds is 6. The van der Waals surface area contributed by atoms with Crippen LogP contribution < -0.4 is 5.32 Å². The Morgan fingerprint density at radius 2 is 1.82 bits per heavy atom. The molecule has 0 saturated carbocycles. The number of nitrogens with zero attached hydrogens (tertiary/aromatic N) is 1. The van der Waals surface area contributed by atoms with E-state index in [0.717, 1.165) is 16.7 Å². The third-order valence-corrected chi connectivity index (χ3v) is 7.30. The van der Waals surface area contributed by atoms with Crippen LogP contribution in [0, 0.1) is 0 Å². The Balaban J connectivity index is 1.40. The Labute approximate surface area is 196 Å². The van der Waals surface area contributed by atoms with Crippen molar-refractivity contribution < 1.29 is 24.0 Å². The van der Waals surface area contributed by atoms with Crippen molar-refractivity contribution in [2.24, 2.45) is 0 Å². The number of carbonyl (C=O) groups is 5. The molecule has 4 rings (SSSR count). The van der Waals surface area contributed by atoms with Crippen molar-refractivity contribution >= 4 is 40.6 Å². The van der Waals surface area contributed by atoms with E-state index < -0.39 is 23.5 Å². The van der Waals surface area contributed by atoms with Crippen LogP contribution in [0.5, 0.6) is 0 Å². The Morgan fingerprint density at radius 3 is 2.45 bits per heavy atom. The van der Waals surface area contributed by atoms with Crippen LogP contribution in [-0.4, -0.2) is 40.2 Å². The SMILES string of the molecule is CC(C)(C)c1ccc(C(=O)C(=O)CCc2csc3c2CN(C2CCC(=O)NC2=O)C3=O)cc1. The normalized spacial score (nSPS) is 18.3. The summed E-state index contributed by atoms with van der Waals surface area (Å²) in [5.41, 5.74) is 3.09. The number of fused-ring (bicyclic) bond motifs is 1. The molecule has 2 aliphatic rings. The number of Topliss-reactive ketones (excluding diaryl/α,β-unsaturated/α-hetero) is 2. The number of nitrogens with one attached hydrogen (secondary N) is 1. The van der Waals surface area contributed by atoms with Crippen LogP contribution in [0.15, 0.2) is 29.6 Å². The topological polar surface area (TPSA) is 101 Å². The number of hydrogen-bond acceptors (Lipinski definition) is 6.